The van der Waals surface area contributed by atoms with Crippen molar-refractivity contribution in [2.45, 2.75) is 0 Å². The molecule has 0 saturated heterocycles. The normalized spacial score (nSPS) is 11.4. The lowest BCUT2D eigenvalue weighted by Gasteiger charge is -2.09. The Morgan fingerprint density at radius 2 is 1.94 bits per heavy atom. The van der Waals surface area contributed by atoms with E-state index in [9.17, 15) is 9.90 Å². The smallest absolute Gasteiger partial charge is 0.262 e. The van der Waals surface area contributed by atoms with Crippen molar-refractivity contribution < 1.29 is 23.8 Å². The van der Waals surface area contributed by atoms with Crippen LogP contribution in [0.1, 0.15) is 10.4 Å². The van der Waals surface area contributed by atoms with Gasteiger partial charge in [-0.3, -0.25) is 4.79 Å². The molecule has 0 saturated carbocycles. The summed E-state index contributed by atoms with van der Waals surface area (Å²) in [6, 6.07) is 16.6. The predicted octanol–water partition coefficient (Wildman–Crippen LogP) is 4.04. The Bertz CT molecular complexity index is 1320. The first-order chi connectivity index (χ1) is 15.1. The largest absolute Gasteiger partial charge is 0.508 e. The molecule has 0 atom stereocenters. The van der Waals surface area contributed by atoms with Crippen molar-refractivity contribution in [1.29, 1.82) is 0 Å². The zero-order valence-corrected chi connectivity index (χ0v) is 16.8. The molecule has 156 valence electrons. The Balaban J connectivity index is 1.89. The van der Waals surface area contributed by atoms with E-state index in [4.69, 9.17) is 13.9 Å². The summed E-state index contributed by atoms with van der Waals surface area (Å²) in [6.45, 7) is 0. The third kappa shape index (κ3) is 4.32. The van der Waals surface area contributed by atoms with Gasteiger partial charge in [-0.1, -0.05) is 6.07 Å². The zero-order valence-electron chi connectivity index (χ0n) is 16.8. The van der Waals surface area contributed by atoms with E-state index in [1.165, 1.54) is 19.2 Å². The molecule has 0 aliphatic carbocycles. The maximum Gasteiger partial charge on any atom is 0.262 e. The lowest BCUT2D eigenvalue weighted by molar-refractivity contribution is 0.102. The number of aromatic nitrogens is 1. The summed E-state index contributed by atoms with van der Waals surface area (Å²) in [5, 5.41) is 13.2. The number of methoxy groups -OCH3 is 2. The van der Waals surface area contributed by atoms with Crippen molar-refractivity contribution in [3.05, 3.63) is 78.0 Å². The van der Waals surface area contributed by atoms with E-state index in [0.29, 0.717) is 34.0 Å². The number of fused-ring (bicyclic) bond motifs is 1. The molecule has 2 heterocycles. The molecule has 0 bridgehead atoms. The highest BCUT2D eigenvalue weighted by Crippen LogP contribution is 2.31. The Morgan fingerprint density at radius 1 is 1.06 bits per heavy atom. The number of hydrogen-bond acceptors (Lipinski definition) is 7. The molecule has 0 spiro atoms. The van der Waals surface area contributed by atoms with Crippen molar-refractivity contribution in [3.63, 3.8) is 0 Å². The minimum atomic E-state index is -0.441. The van der Waals surface area contributed by atoms with E-state index in [-0.39, 0.29) is 16.9 Å². The number of phenolic OH excluding ortho intramolecular Hbond substituents is 1. The zero-order chi connectivity index (χ0) is 21.8. The summed E-state index contributed by atoms with van der Waals surface area (Å²) in [5.41, 5.74) is 1.07. The Labute approximate surface area is 177 Å². The minimum Gasteiger partial charge on any atom is -0.508 e. The number of rotatable bonds is 5. The fraction of sp³-hybridized carbons (Fsp3) is 0.0870. The molecule has 2 aromatic heterocycles. The Morgan fingerprint density at radius 3 is 2.68 bits per heavy atom. The van der Waals surface area contributed by atoms with E-state index in [2.05, 4.69) is 15.3 Å². The van der Waals surface area contributed by atoms with Gasteiger partial charge in [0.1, 0.15) is 39.9 Å². The van der Waals surface area contributed by atoms with E-state index >= 15 is 0 Å². The first kappa shape index (κ1) is 20.0. The molecule has 4 aromatic rings. The number of carbonyl (C=O) groups excluding carboxylic acids is 1. The van der Waals surface area contributed by atoms with Crippen LogP contribution in [0.3, 0.4) is 0 Å². The van der Waals surface area contributed by atoms with E-state index in [0.717, 1.165) is 0 Å². The van der Waals surface area contributed by atoms with Crippen molar-refractivity contribution >= 4 is 28.4 Å². The quantitative estimate of drug-likeness (QED) is 0.508. The number of aromatic hydroxyl groups is 1. The van der Waals surface area contributed by atoms with Crippen LogP contribution in [0.4, 0.5) is 11.5 Å². The number of pyridine rings is 1. The van der Waals surface area contributed by atoms with Gasteiger partial charge in [0.2, 0.25) is 5.55 Å². The molecule has 8 heteroatoms. The number of hydrogen-bond donors (Lipinski definition) is 2. The average molecular weight is 417 g/mol. The van der Waals surface area contributed by atoms with Crippen molar-refractivity contribution in [1.82, 2.24) is 4.98 Å². The highest BCUT2D eigenvalue weighted by Gasteiger charge is 2.15. The average Bonchev–Trinajstić information content (AvgIpc) is 2.79. The van der Waals surface area contributed by atoms with Gasteiger partial charge in [0, 0.05) is 23.7 Å². The van der Waals surface area contributed by atoms with Crippen LogP contribution >= 0.6 is 0 Å². The number of benzene rings is 2. The van der Waals surface area contributed by atoms with E-state index < -0.39 is 5.91 Å². The third-order valence-electron chi connectivity index (χ3n) is 4.49. The summed E-state index contributed by atoms with van der Waals surface area (Å²) in [6.07, 6.45) is 1.58. The van der Waals surface area contributed by atoms with E-state index in [1.807, 2.05) is 0 Å². The Hall–Kier alpha value is -4.33. The lowest BCUT2D eigenvalue weighted by atomic mass is 10.1. The van der Waals surface area contributed by atoms with Crippen LogP contribution < -0.4 is 20.3 Å². The molecule has 2 aromatic carbocycles. The number of nitrogens with one attached hydrogen (secondary N) is 1. The van der Waals surface area contributed by atoms with Crippen LogP contribution in [-0.2, 0) is 0 Å². The van der Waals surface area contributed by atoms with Gasteiger partial charge in [-0.15, -0.1) is 0 Å². The second kappa shape index (κ2) is 8.58. The first-order valence-corrected chi connectivity index (χ1v) is 9.33. The fourth-order valence-electron chi connectivity index (χ4n) is 2.96. The second-order valence-corrected chi connectivity index (χ2v) is 6.51. The molecule has 8 nitrogen and oxygen atoms in total. The molecular formula is C23H19N3O5. The summed E-state index contributed by atoms with van der Waals surface area (Å²) in [4.78, 5) is 21.7. The summed E-state index contributed by atoms with van der Waals surface area (Å²) < 4.78 is 16.5. The van der Waals surface area contributed by atoms with Crippen LogP contribution in [0.5, 0.6) is 17.2 Å². The van der Waals surface area contributed by atoms with Gasteiger partial charge in [0.05, 0.1) is 14.2 Å². The highest BCUT2D eigenvalue weighted by molar-refractivity contribution is 6.05. The Kier molecular flexibility index (Phi) is 5.53. The number of nitrogens with zero attached hydrogens (tertiary/aromatic N) is 2. The van der Waals surface area contributed by atoms with Crippen LogP contribution in [0, 0.1) is 0 Å². The van der Waals surface area contributed by atoms with Crippen molar-refractivity contribution in [2.24, 2.45) is 4.99 Å². The fourth-order valence-corrected chi connectivity index (χ4v) is 2.96. The van der Waals surface area contributed by atoms with Crippen LogP contribution in [-0.4, -0.2) is 30.2 Å². The van der Waals surface area contributed by atoms with Gasteiger partial charge in [0.15, 0.2) is 0 Å². The summed E-state index contributed by atoms with van der Waals surface area (Å²) >= 11 is 0. The van der Waals surface area contributed by atoms with Gasteiger partial charge >= 0.3 is 0 Å². The van der Waals surface area contributed by atoms with Gasteiger partial charge in [-0.2, -0.15) is 0 Å². The molecule has 4 rings (SSSR count). The summed E-state index contributed by atoms with van der Waals surface area (Å²) in [7, 11) is 3.06. The lowest BCUT2D eigenvalue weighted by Crippen LogP contribution is -2.22. The minimum absolute atomic E-state index is 0.0370. The predicted molar refractivity (Wildman–Crippen MR) is 115 cm³/mol. The molecule has 0 aliphatic rings. The molecule has 0 fully saturated rings. The highest BCUT2D eigenvalue weighted by atomic mass is 16.5. The van der Waals surface area contributed by atoms with Crippen LogP contribution in [0.2, 0.25) is 0 Å². The van der Waals surface area contributed by atoms with Crippen LogP contribution in [0.25, 0.3) is 11.0 Å². The van der Waals surface area contributed by atoms with Gasteiger partial charge in [0.25, 0.3) is 5.91 Å². The monoisotopic (exact) mass is 417 g/mol. The van der Waals surface area contributed by atoms with Gasteiger partial charge in [-0.05, 0) is 42.5 Å². The van der Waals surface area contributed by atoms with E-state index in [1.54, 1.807) is 61.8 Å². The number of ether oxygens (including phenoxy) is 2. The first-order valence-electron chi connectivity index (χ1n) is 9.33. The van der Waals surface area contributed by atoms with Gasteiger partial charge < -0.3 is 24.3 Å². The SMILES string of the molecule is COc1ccc(N=c2oc3cc(O)ccc3cc2C(=O)Nc2ccccn2)c(OC)c1. The number of carbonyl (C=O) groups is 1. The number of phenols is 1. The summed E-state index contributed by atoms with van der Waals surface area (Å²) in [5.74, 6) is 1.04. The molecule has 2 N–H and O–H groups in total. The maximum atomic E-state index is 13.0. The molecule has 31 heavy (non-hydrogen) atoms. The molecule has 0 radical (unpaired) electrons. The standard InChI is InChI=1S/C23H19N3O5/c1-29-16-8-9-18(20(13-16)30-2)25-23-17(22(28)26-21-5-3-4-10-24-21)11-14-6-7-15(27)12-19(14)31-23/h3-13,27H,1-2H3,(H,24,26,28). The van der Waals surface area contributed by atoms with Crippen molar-refractivity contribution in [2.75, 3.05) is 19.5 Å². The second-order valence-electron chi connectivity index (χ2n) is 6.51. The molecule has 1 amide bonds. The topological polar surface area (TPSA) is 106 Å². The number of anilines is 1. The van der Waals surface area contributed by atoms with Crippen LogP contribution in [0.15, 0.2) is 76.3 Å². The van der Waals surface area contributed by atoms with Gasteiger partial charge in [-0.25, -0.2) is 9.98 Å². The molecule has 0 unspecified atom stereocenters. The molecule has 0 aliphatic heterocycles. The number of amides is 1. The van der Waals surface area contributed by atoms with Crippen molar-refractivity contribution in [3.8, 4) is 17.2 Å². The maximum absolute atomic E-state index is 13.0. The molecular weight excluding hydrogens is 398 g/mol. The third-order valence-corrected chi connectivity index (χ3v) is 4.49.